The normalized spacial score (nSPS) is 12.8. The predicted molar refractivity (Wildman–Crippen MR) is 111 cm³/mol. The Bertz CT molecular complexity index is 872. The zero-order valence-electron chi connectivity index (χ0n) is 17.1. The number of nitrogens with one attached hydrogen (secondary N) is 3. The predicted octanol–water partition coefficient (Wildman–Crippen LogP) is 1.99. The maximum atomic E-state index is 12.5. The molecule has 2 aromatic rings. The number of quaternary nitrogens is 1. The van der Waals surface area contributed by atoms with E-state index in [1.807, 2.05) is 32.0 Å². The smallest absolute Gasteiger partial charge is 0.282 e. The summed E-state index contributed by atoms with van der Waals surface area (Å²) in [6.45, 7) is 7.31. The second-order valence-corrected chi connectivity index (χ2v) is 7.19. The van der Waals surface area contributed by atoms with Gasteiger partial charge in [0.25, 0.3) is 11.8 Å². The van der Waals surface area contributed by atoms with Crippen LogP contribution in [0.2, 0.25) is 0 Å². The van der Waals surface area contributed by atoms with E-state index in [2.05, 4.69) is 10.6 Å². The highest BCUT2D eigenvalue weighted by atomic mass is 16.2. The summed E-state index contributed by atoms with van der Waals surface area (Å²) in [6, 6.07) is 12.2. The van der Waals surface area contributed by atoms with Gasteiger partial charge >= 0.3 is 0 Å². The second-order valence-electron chi connectivity index (χ2n) is 7.19. The Labute approximate surface area is 165 Å². The van der Waals surface area contributed by atoms with E-state index in [0.717, 1.165) is 21.7 Å². The third-order valence-corrected chi connectivity index (χ3v) is 4.85. The average molecular weight is 382 g/mol. The van der Waals surface area contributed by atoms with Gasteiger partial charge in [0.1, 0.15) is 0 Å². The molecule has 0 saturated heterocycles. The first kappa shape index (κ1) is 21.3. The van der Waals surface area contributed by atoms with Gasteiger partial charge in [-0.2, -0.15) is 0 Å². The topological polar surface area (TPSA) is 79.7 Å². The van der Waals surface area contributed by atoms with Crippen LogP contribution in [0.3, 0.4) is 0 Å². The largest absolute Gasteiger partial charge is 0.321 e. The molecule has 0 heterocycles. The monoisotopic (exact) mass is 382 g/mol. The fraction of sp³-hybridized carbons (Fsp3) is 0.318. The van der Waals surface area contributed by atoms with Crippen LogP contribution in [0, 0.1) is 13.8 Å². The standard InChI is InChI=1S/C22H27N3O3/c1-14-8-6-9-15(2)21(14)24-20(27)13-25(5)16(3)22(28)23-19-11-7-10-18(12-19)17(4)26/h6-12,16H,13H2,1-5H3,(H,23,28)(H,24,27)/p+1/t16-/m0/s1. The Morgan fingerprint density at radius 3 is 2.21 bits per heavy atom. The summed E-state index contributed by atoms with van der Waals surface area (Å²) in [6.07, 6.45) is 0. The van der Waals surface area contributed by atoms with E-state index in [9.17, 15) is 14.4 Å². The third-order valence-electron chi connectivity index (χ3n) is 4.85. The Kier molecular flexibility index (Phi) is 7.06. The molecular weight excluding hydrogens is 354 g/mol. The van der Waals surface area contributed by atoms with Gasteiger partial charge in [0, 0.05) is 16.9 Å². The summed E-state index contributed by atoms with van der Waals surface area (Å²) in [5.74, 6) is -0.415. The Balaban J connectivity index is 1.96. The summed E-state index contributed by atoms with van der Waals surface area (Å²) in [5.41, 5.74) is 3.93. The minimum absolute atomic E-state index is 0.0601. The Morgan fingerprint density at radius 2 is 1.61 bits per heavy atom. The van der Waals surface area contributed by atoms with Crippen molar-refractivity contribution in [2.75, 3.05) is 24.2 Å². The van der Waals surface area contributed by atoms with E-state index in [0.29, 0.717) is 11.3 Å². The lowest BCUT2D eigenvalue weighted by Crippen LogP contribution is -3.14. The third kappa shape index (κ3) is 5.50. The maximum absolute atomic E-state index is 12.5. The quantitative estimate of drug-likeness (QED) is 0.641. The first-order valence-electron chi connectivity index (χ1n) is 9.29. The molecule has 148 valence electrons. The molecule has 2 atom stereocenters. The number of rotatable bonds is 7. The van der Waals surface area contributed by atoms with Crippen molar-refractivity contribution in [2.45, 2.75) is 33.7 Å². The molecule has 2 aromatic carbocycles. The van der Waals surface area contributed by atoms with Gasteiger partial charge in [-0.1, -0.05) is 30.3 Å². The maximum Gasteiger partial charge on any atom is 0.282 e. The molecular formula is C22H28N3O3+. The molecule has 3 N–H and O–H groups in total. The van der Waals surface area contributed by atoms with Crippen molar-refractivity contribution in [3.63, 3.8) is 0 Å². The van der Waals surface area contributed by atoms with Gasteiger partial charge in [-0.05, 0) is 51.0 Å². The van der Waals surface area contributed by atoms with E-state index >= 15 is 0 Å². The molecule has 0 bridgehead atoms. The number of hydrogen-bond donors (Lipinski definition) is 3. The number of para-hydroxylation sites is 1. The van der Waals surface area contributed by atoms with Gasteiger partial charge in [0.2, 0.25) is 0 Å². The van der Waals surface area contributed by atoms with Crippen LogP contribution in [0.15, 0.2) is 42.5 Å². The van der Waals surface area contributed by atoms with Crippen LogP contribution < -0.4 is 15.5 Å². The van der Waals surface area contributed by atoms with Gasteiger partial charge < -0.3 is 15.5 Å². The number of amides is 2. The van der Waals surface area contributed by atoms with Crippen LogP contribution in [0.1, 0.15) is 35.3 Å². The minimum Gasteiger partial charge on any atom is -0.321 e. The number of likely N-dealkylation sites (N-methyl/N-ethyl adjacent to an activating group) is 1. The average Bonchev–Trinajstić information content (AvgIpc) is 2.64. The van der Waals surface area contributed by atoms with Crippen molar-refractivity contribution in [1.29, 1.82) is 0 Å². The number of ketones is 1. The van der Waals surface area contributed by atoms with E-state index in [4.69, 9.17) is 0 Å². The van der Waals surface area contributed by atoms with Crippen LogP contribution in [-0.4, -0.2) is 37.2 Å². The lowest BCUT2D eigenvalue weighted by Gasteiger charge is -2.21. The number of aryl methyl sites for hydroxylation is 2. The minimum atomic E-state index is -0.440. The fourth-order valence-corrected chi connectivity index (χ4v) is 2.89. The molecule has 0 saturated carbocycles. The summed E-state index contributed by atoms with van der Waals surface area (Å²) in [5, 5.41) is 5.76. The van der Waals surface area contributed by atoms with Crippen molar-refractivity contribution in [3.05, 3.63) is 59.2 Å². The van der Waals surface area contributed by atoms with Gasteiger partial charge in [0.15, 0.2) is 18.4 Å². The van der Waals surface area contributed by atoms with Gasteiger partial charge in [0.05, 0.1) is 7.05 Å². The SMILES string of the molecule is CC(=O)c1cccc(NC(=O)[C@H](C)[NH+](C)CC(=O)Nc2c(C)cccc2C)c1. The van der Waals surface area contributed by atoms with Crippen molar-refractivity contribution < 1.29 is 19.3 Å². The molecule has 6 heteroatoms. The second kappa shape index (κ2) is 9.28. The van der Waals surface area contributed by atoms with Gasteiger partial charge in [-0.3, -0.25) is 14.4 Å². The van der Waals surface area contributed by atoms with Crippen molar-refractivity contribution in [2.24, 2.45) is 0 Å². The van der Waals surface area contributed by atoms with Crippen molar-refractivity contribution >= 4 is 29.0 Å². The molecule has 0 fully saturated rings. The van der Waals surface area contributed by atoms with Crippen molar-refractivity contribution in [1.82, 2.24) is 0 Å². The molecule has 0 aliphatic rings. The highest BCUT2D eigenvalue weighted by Gasteiger charge is 2.24. The summed E-state index contributed by atoms with van der Waals surface area (Å²) in [4.78, 5) is 37.2. The molecule has 0 radical (unpaired) electrons. The summed E-state index contributed by atoms with van der Waals surface area (Å²) in [7, 11) is 1.81. The molecule has 0 spiro atoms. The van der Waals surface area contributed by atoms with Crippen LogP contribution in [0.5, 0.6) is 0 Å². The molecule has 28 heavy (non-hydrogen) atoms. The molecule has 1 unspecified atom stereocenters. The van der Waals surface area contributed by atoms with Crippen LogP contribution in [0.4, 0.5) is 11.4 Å². The van der Waals surface area contributed by atoms with E-state index in [-0.39, 0.29) is 24.1 Å². The number of carbonyl (C=O) groups excluding carboxylic acids is 3. The lowest BCUT2D eigenvalue weighted by molar-refractivity contribution is -0.885. The molecule has 6 nitrogen and oxygen atoms in total. The molecule has 2 rings (SSSR count). The number of Topliss-reactive ketones (excluding diaryl/α,β-unsaturated/α-hetero) is 1. The Morgan fingerprint density at radius 1 is 1.00 bits per heavy atom. The van der Waals surface area contributed by atoms with Crippen LogP contribution >= 0.6 is 0 Å². The first-order valence-corrected chi connectivity index (χ1v) is 9.29. The Hall–Kier alpha value is -2.99. The number of carbonyl (C=O) groups is 3. The molecule has 0 aromatic heterocycles. The number of anilines is 2. The van der Waals surface area contributed by atoms with E-state index in [1.165, 1.54) is 6.92 Å². The zero-order chi connectivity index (χ0) is 20.8. The summed E-state index contributed by atoms with van der Waals surface area (Å²) >= 11 is 0. The zero-order valence-corrected chi connectivity index (χ0v) is 17.1. The van der Waals surface area contributed by atoms with Gasteiger partial charge in [-0.15, -0.1) is 0 Å². The van der Waals surface area contributed by atoms with Crippen molar-refractivity contribution in [3.8, 4) is 0 Å². The first-order chi connectivity index (χ1) is 13.2. The highest BCUT2D eigenvalue weighted by molar-refractivity contribution is 5.98. The van der Waals surface area contributed by atoms with Gasteiger partial charge in [-0.25, -0.2) is 0 Å². The van der Waals surface area contributed by atoms with Crippen LogP contribution in [0.25, 0.3) is 0 Å². The number of benzene rings is 2. The molecule has 0 aliphatic heterocycles. The lowest BCUT2D eigenvalue weighted by atomic mass is 10.1. The van der Waals surface area contributed by atoms with Crippen LogP contribution in [-0.2, 0) is 9.59 Å². The number of hydrogen-bond acceptors (Lipinski definition) is 3. The highest BCUT2D eigenvalue weighted by Crippen LogP contribution is 2.18. The molecule has 2 amide bonds. The summed E-state index contributed by atoms with van der Waals surface area (Å²) < 4.78 is 0. The fourth-order valence-electron chi connectivity index (χ4n) is 2.89. The van der Waals surface area contributed by atoms with E-state index < -0.39 is 6.04 Å². The van der Waals surface area contributed by atoms with E-state index in [1.54, 1.807) is 38.2 Å². The molecule has 0 aliphatic carbocycles.